The van der Waals surface area contributed by atoms with Crippen LogP contribution >= 0.6 is 11.8 Å². The van der Waals surface area contributed by atoms with Gasteiger partial charge in [-0.25, -0.2) is 4.79 Å². The van der Waals surface area contributed by atoms with Gasteiger partial charge in [0, 0.05) is 17.4 Å². The lowest BCUT2D eigenvalue weighted by Crippen LogP contribution is -2.35. The van der Waals surface area contributed by atoms with E-state index in [-0.39, 0.29) is 5.75 Å². The standard InChI is InChI=1S/C24H26N6O4S/c31-22(26-23(32)25-17-8-9-19-20(14-17)34-13-12-33-19)16-35-24-28-27-21(15-29-10-4-5-11-29)30(24)18-6-2-1-3-7-18/h1-3,6-9,14H,4-5,10-13,15-16H2,(H2,25,26,31,32). The largest absolute Gasteiger partial charge is 0.486 e. The minimum atomic E-state index is -0.619. The Balaban J connectivity index is 1.20. The molecule has 1 aromatic heterocycles. The van der Waals surface area contributed by atoms with Gasteiger partial charge in [0.25, 0.3) is 0 Å². The highest BCUT2D eigenvalue weighted by Crippen LogP contribution is 2.32. The highest BCUT2D eigenvalue weighted by atomic mass is 32.2. The Morgan fingerprint density at radius 3 is 2.54 bits per heavy atom. The molecule has 0 unspecified atom stereocenters. The number of hydrogen-bond donors (Lipinski definition) is 2. The second kappa shape index (κ2) is 10.8. The van der Waals surface area contributed by atoms with Crippen molar-refractivity contribution in [2.24, 2.45) is 0 Å². The lowest BCUT2D eigenvalue weighted by atomic mass is 10.2. The number of para-hydroxylation sites is 1. The Labute approximate surface area is 207 Å². The molecule has 0 spiro atoms. The van der Waals surface area contributed by atoms with Gasteiger partial charge in [0.15, 0.2) is 22.5 Å². The van der Waals surface area contributed by atoms with Gasteiger partial charge in [-0.1, -0.05) is 30.0 Å². The number of hydrogen-bond acceptors (Lipinski definition) is 8. The van der Waals surface area contributed by atoms with E-state index in [0.717, 1.165) is 24.6 Å². The summed E-state index contributed by atoms with van der Waals surface area (Å²) in [5.41, 5.74) is 1.44. The van der Waals surface area contributed by atoms with Gasteiger partial charge < -0.3 is 14.8 Å². The maximum atomic E-state index is 12.5. The molecule has 0 radical (unpaired) electrons. The lowest BCUT2D eigenvalue weighted by molar-refractivity contribution is -0.117. The van der Waals surface area contributed by atoms with Crippen LogP contribution < -0.4 is 20.1 Å². The molecule has 2 aliphatic heterocycles. The molecular weight excluding hydrogens is 468 g/mol. The second-order valence-electron chi connectivity index (χ2n) is 8.20. The highest BCUT2D eigenvalue weighted by molar-refractivity contribution is 7.99. The summed E-state index contributed by atoms with van der Waals surface area (Å²) in [5, 5.41) is 14.3. The molecule has 182 valence electrons. The number of imide groups is 1. The van der Waals surface area contributed by atoms with E-state index in [9.17, 15) is 9.59 Å². The third kappa shape index (κ3) is 5.75. The van der Waals surface area contributed by atoms with Crippen LogP contribution in [0.5, 0.6) is 11.5 Å². The molecule has 0 saturated carbocycles. The third-order valence-electron chi connectivity index (χ3n) is 5.66. The maximum absolute atomic E-state index is 12.5. The predicted octanol–water partition coefficient (Wildman–Crippen LogP) is 3.07. The highest BCUT2D eigenvalue weighted by Gasteiger charge is 2.20. The zero-order valence-corrected chi connectivity index (χ0v) is 19.9. The van der Waals surface area contributed by atoms with Crippen LogP contribution in [0.25, 0.3) is 5.69 Å². The van der Waals surface area contributed by atoms with Crippen LogP contribution in [0, 0.1) is 0 Å². The first-order valence-corrected chi connectivity index (χ1v) is 12.5. The van der Waals surface area contributed by atoms with Gasteiger partial charge in [0.1, 0.15) is 13.2 Å². The summed E-state index contributed by atoms with van der Waals surface area (Å²) in [6.45, 7) is 3.73. The van der Waals surface area contributed by atoms with Gasteiger partial charge >= 0.3 is 6.03 Å². The zero-order chi connectivity index (χ0) is 24.0. The molecule has 5 rings (SSSR count). The van der Waals surface area contributed by atoms with Crippen molar-refractivity contribution in [2.45, 2.75) is 24.5 Å². The van der Waals surface area contributed by atoms with Gasteiger partial charge in [-0.2, -0.15) is 0 Å². The summed E-state index contributed by atoms with van der Waals surface area (Å²) in [5.74, 6) is 1.59. The number of amides is 3. The summed E-state index contributed by atoms with van der Waals surface area (Å²) in [4.78, 5) is 27.2. The molecule has 0 bridgehead atoms. The van der Waals surface area contributed by atoms with Gasteiger partial charge in [0.05, 0.1) is 12.3 Å². The molecule has 0 aliphatic carbocycles. The number of aromatic nitrogens is 3. The van der Waals surface area contributed by atoms with Crippen LogP contribution in [0.15, 0.2) is 53.7 Å². The van der Waals surface area contributed by atoms with Crippen molar-refractivity contribution in [3.63, 3.8) is 0 Å². The first-order valence-electron chi connectivity index (χ1n) is 11.5. The number of likely N-dealkylation sites (tertiary alicyclic amines) is 1. The number of carbonyl (C=O) groups excluding carboxylic acids is 2. The molecule has 3 aromatic rings. The Morgan fingerprint density at radius 2 is 1.74 bits per heavy atom. The summed E-state index contributed by atoms with van der Waals surface area (Å²) in [6.07, 6.45) is 2.38. The number of anilines is 1. The molecule has 2 aliphatic rings. The van der Waals surface area contributed by atoms with Crippen LogP contribution in [-0.2, 0) is 11.3 Å². The molecule has 0 atom stereocenters. The van der Waals surface area contributed by atoms with Crippen LogP contribution in [0.3, 0.4) is 0 Å². The Hall–Kier alpha value is -3.57. The van der Waals surface area contributed by atoms with Crippen LogP contribution in [0.1, 0.15) is 18.7 Å². The molecule has 2 aromatic carbocycles. The molecule has 3 amide bonds. The van der Waals surface area contributed by atoms with Crippen molar-refractivity contribution < 1.29 is 19.1 Å². The average molecular weight is 495 g/mol. The zero-order valence-electron chi connectivity index (χ0n) is 19.1. The van der Waals surface area contributed by atoms with Crippen LogP contribution in [0.2, 0.25) is 0 Å². The van der Waals surface area contributed by atoms with E-state index in [1.165, 1.54) is 24.6 Å². The van der Waals surface area contributed by atoms with Crippen molar-refractivity contribution in [1.29, 1.82) is 0 Å². The fourth-order valence-electron chi connectivity index (χ4n) is 4.05. The number of ether oxygens (including phenoxy) is 2. The first-order chi connectivity index (χ1) is 17.2. The number of carbonyl (C=O) groups is 2. The van der Waals surface area contributed by atoms with E-state index in [4.69, 9.17) is 9.47 Å². The quantitative estimate of drug-likeness (QED) is 0.482. The lowest BCUT2D eigenvalue weighted by Gasteiger charge is -2.19. The monoisotopic (exact) mass is 494 g/mol. The van der Waals surface area contributed by atoms with Gasteiger partial charge in [-0.05, 0) is 50.2 Å². The molecule has 3 heterocycles. The molecule has 10 nitrogen and oxygen atoms in total. The number of thioether (sulfide) groups is 1. The summed E-state index contributed by atoms with van der Waals surface area (Å²) in [6, 6.07) is 14.3. The fraction of sp³-hybridized carbons (Fsp3) is 0.333. The molecule has 11 heteroatoms. The minimum Gasteiger partial charge on any atom is -0.486 e. The summed E-state index contributed by atoms with van der Waals surface area (Å²) < 4.78 is 13.0. The number of benzene rings is 2. The number of rotatable bonds is 7. The second-order valence-corrected chi connectivity index (χ2v) is 9.14. The van der Waals surface area contributed by atoms with Gasteiger partial charge in [-0.15, -0.1) is 10.2 Å². The van der Waals surface area contributed by atoms with Crippen molar-refractivity contribution in [1.82, 2.24) is 25.0 Å². The van der Waals surface area contributed by atoms with E-state index in [0.29, 0.717) is 42.1 Å². The first kappa shape index (κ1) is 23.2. The molecule has 1 fully saturated rings. The molecule has 2 N–H and O–H groups in total. The van der Waals surface area contributed by atoms with Crippen molar-refractivity contribution in [3.8, 4) is 17.2 Å². The van der Waals surface area contributed by atoms with Crippen LogP contribution in [0.4, 0.5) is 10.5 Å². The van der Waals surface area contributed by atoms with Crippen molar-refractivity contribution in [3.05, 3.63) is 54.4 Å². The number of fused-ring (bicyclic) bond motifs is 1. The van der Waals surface area contributed by atoms with Crippen molar-refractivity contribution in [2.75, 3.05) is 37.4 Å². The van der Waals surface area contributed by atoms with Crippen molar-refractivity contribution >= 4 is 29.4 Å². The number of urea groups is 1. The molecule has 1 saturated heterocycles. The Kier molecular flexibility index (Phi) is 7.15. The van der Waals surface area contributed by atoms with Gasteiger partial charge in [0.2, 0.25) is 5.91 Å². The summed E-state index contributed by atoms with van der Waals surface area (Å²) >= 11 is 1.24. The normalized spacial score (nSPS) is 15.1. The van der Waals surface area contributed by atoms with Crippen LogP contribution in [-0.4, -0.2) is 63.7 Å². The molecular formula is C24H26N6O4S. The van der Waals surface area contributed by atoms with E-state index in [1.54, 1.807) is 18.2 Å². The fourth-order valence-corrected chi connectivity index (χ4v) is 4.82. The van der Waals surface area contributed by atoms with Gasteiger partial charge in [-0.3, -0.25) is 19.6 Å². The van der Waals surface area contributed by atoms with E-state index in [2.05, 4.69) is 25.7 Å². The van der Waals surface area contributed by atoms with E-state index in [1.807, 2.05) is 34.9 Å². The average Bonchev–Trinajstić information content (AvgIpc) is 3.53. The Morgan fingerprint density at radius 1 is 0.971 bits per heavy atom. The smallest absolute Gasteiger partial charge is 0.325 e. The Bertz CT molecular complexity index is 1200. The third-order valence-corrected chi connectivity index (χ3v) is 6.59. The van der Waals surface area contributed by atoms with E-state index < -0.39 is 11.9 Å². The van der Waals surface area contributed by atoms with E-state index >= 15 is 0 Å². The topological polar surface area (TPSA) is 111 Å². The number of nitrogens with zero attached hydrogens (tertiary/aromatic N) is 4. The predicted molar refractivity (Wildman–Crippen MR) is 131 cm³/mol. The summed E-state index contributed by atoms with van der Waals surface area (Å²) in [7, 11) is 0. The molecule has 35 heavy (non-hydrogen) atoms. The minimum absolute atomic E-state index is 0.0171. The SMILES string of the molecule is O=C(CSc1nnc(CN2CCCC2)n1-c1ccccc1)NC(=O)Nc1ccc2c(c1)OCCO2. The maximum Gasteiger partial charge on any atom is 0.325 e. The number of nitrogens with one attached hydrogen (secondary N) is 2.